The van der Waals surface area contributed by atoms with E-state index in [1.165, 1.54) is 6.33 Å². The normalized spacial score (nSPS) is 10.1. The van der Waals surface area contributed by atoms with Crippen LogP contribution in [-0.2, 0) is 23.2 Å². The van der Waals surface area contributed by atoms with Gasteiger partial charge in [-0.05, 0) is 0 Å². The fourth-order valence-electron chi connectivity index (χ4n) is 0.667. The molecule has 0 bridgehead atoms. The summed E-state index contributed by atoms with van der Waals surface area (Å²) >= 11 is 0. The highest BCUT2D eigenvalue weighted by Gasteiger charge is 2.01. The summed E-state index contributed by atoms with van der Waals surface area (Å²) in [6.07, 6.45) is 1.53. The summed E-state index contributed by atoms with van der Waals surface area (Å²) in [5.41, 5.74) is 0. The van der Waals surface area contributed by atoms with E-state index < -0.39 is 5.97 Å². The summed E-state index contributed by atoms with van der Waals surface area (Å²) in [5.74, 6) is -0.381. The summed E-state index contributed by atoms with van der Waals surface area (Å²) in [4.78, 5) is 10.0. The van der Waals surface area contributed by atoms with Crippen LogP contribution in [0.15, 0.2) is 6.33 Å². The third-order valence-electron chi connectivity index (χ3n) is 1.26. The number of rotatable bonds is 4. The summed E-state index contributed by atoms with van der Waals surface area (Å²) < 4.78 is 6.47. The van der Waals surface area contributed by atoms with E-state index in [9.17, 15) is 4.79 Å². The van der Waals surface area contributed by atoms with Gasteiger partial charge in [-0.1, -0.05) is 0 Å². The van der Waals surface area contributed by atoms with Crippen molar-refractivity contribution < 1.29 is 14.6 Å². The first-order valence-corrected chi connectivity index (χ1v) is 3.32. The van der Waals surface area contributed by atoms with Crippen molar-refractivity contribution >= 4 is 5.97 Å². The highest BCUT2D eigenvalue weighted by molar-refractivity contribution is 5.67. The third-order valence-corrected chi connectivity index (χ3v) is 1.26. The van der Waals surface area contributed by atoms with Crippen molar-refractivity contribution in [1.82, 2.24) is 14.8 Å². The zero-order valence-electron chi connectivity index (χ0n) is 6.60. The summed E-state index contributed by atoms with van der Waals surface area (Å²) in [6, 6.07) is 0. The average molecular weight is 171 g/mol. The molecule has 0 aliphatic carbocycles. The van der Waals surface area contributed by atoms with E-state index in [0.717, 1.165) is 0 Å². The van der Waals surface area contributed by atoms with Crippen LogP contribution in [0, 0.1) is 0 Å². The van der Waals surface area contributed by atoms with Crippen LogP contribution < -0.4 is 0 Å². The van der Waals surface area contributed by atoms with Gasteiger partial charge in [0.1, 0.15) is 19.5 Å². The van der Waals surface area contributed by atoms with Crippen LogP contribution in [0.2, 0.25) is 0 Å². The molecule has 0 saturated heterocycles. The summed E-state index contributed by atoms with van der Waals surface area (Å²) in [7, 11) is 1.76. The Morgan fingerprint density at radius 3 is 3.08 bits per heavy atom. The van der Waals surface area contributed by atoms with Crippen molar-refractivity contribution in [3.8, 4) is 0 Å². The lowest BCUT2D eigenvalue weighted by molar-refractivity contribution is -0.142. The lowest BCUT2D eigenvalue weighted by Gasteiger charge is -1.99. The Kier molecular flexibility index (Phi) is 2.76. The Labute approximate surface area is 68.8 Å². The van der Waals surface area contributed by atoms with Gasteiger partial charge in [0.25, 0.3) is 0 Å². The van der Waals surface area contributed by atoms with E-state index in [-0.39, 0.29) is 13.2 Å². The maximum Gasteiger partial charge on any atom is 0.329 e. The number of hydrogen-bond acceptors (Lipinski definition) is 4. The molecule has 0 radical (unpaired) electrons. The smallest absolute Gasteiger partial charge is 0.329 e. The average Bonchev–Trinajstić information content (AvgIpc) is 2.36. The minimum atomic E-state index is -0.989. The van der Waals surface area contributed by atoms with E-state index in [4.69, 9.17) is 9.84 Å². The minimum Gasteiger partial charge on any atom is -0.480 e. The second-order valence-corrected chi connectivity index (χ2v) is 2.24. The predicted octanol–water partition coefficient (Wildman–Crippen LogP) is -0.584. The number of carboxylic acids is 1. The highest BCUT2D eigenvalue weighted by atomic mass is 16.5. The minimum absolute atomic E-state index is 0.169. The fraction of sp³-hybridized carbons (Fsp3) is 0.500. The Bertz CT molecular complexity index is 271. The van der Waals surface area contributed by atoms with Crippen LogP contribution in [0.5, 0.6) is 0 Å². The van der Waals surface area contributed by atoms with Crippen molar-refractivity contribution in [2.45, 2.75) is 6.61 Å². The molecule has 12 heavy (non-hydrogen) atoms. The maximum atomic E-state index is 10.0. The molecule has 0 saturated carbocycles. The Morgan fingerprint density at radius 1 is 1.83 bits per heavy atom. The molecular weight excluding hydrogens is 162 g/mol. The van der Waals surface area contributed by atoms with Crippen molar-refractivity contribution in [2.24, 2.45) is 7.05 Å². The van der Waals surface area contributed by atoms with E-state index in [2.05, 4.69) is 10.2 Å². The highest BCUT2D eigenvalue weighted by Crippen LogP contribution is 1.93. The molecule has 0 amide bonds. The molecule has 1 aromatic rings. The molecule has 0 spiro atoms. The van der Waals surface area contributed by atoms with Crippen LogP contribution in [-0.4, -0.2) is 32.4 Å². The lowest BCUT2D eigenvalue weighted by atomic mass is 10.6. The molecule has 1 N–H and O–H groups in total. The van der Waals surface area contributed by atoms with Gasteiger partial charge in [-0.15, -0.1) is 10.2 Å². The molecule has 0 aromatic carbocycles. The SMILES string of the molecule is Cn1cnnc1COCC(=O)O. The maximum absolute atomic E-state index is 10.0. The molecule has 6 heteroatoms. The van der Waals surface area contributed by atoms with Gasteiger partial charge < -0.3 is 14.4 Å². The van der Waals surface area contributed by atoms with Crippen molar-refractivity contribution in [2.75, 3.05) is 6.61 Å². The predicted molar refractivity (Wildman–Crippen MR) is 38.3 cm³/mol. The number of aryl methyl sites for hydroxylation is 1. The number of carbonyl (C=O) groups is 1. The van der Waals surface area contributed by atoms with Crippen LogP contribution >= 0.6 is 0 Å². The molecule has 66 valence electrons. The number of nitrogens with zero attached hydrogens (tertiary/aromatic N) is 3. The van der Waals surface area contributed by atoms with E-state index in [1.54, 1.807) is 11.6 Å². The Balaban J connectivity index is 2.33. The summed E-state index contributed by atoms with van der Waals surface area (Å²) in [5, 5.41) is 15.6. The number of aromatic nitrogens is 3. The van der Waals surface area contributed by atoms with Gasteiger partial charge in [0.2, 0.25) is 0 Å². The van der Waals surface area contributed by atoms with Crippen LogP contribution in [0.1, 0.15) is 5.82 Å². The van der Waals surface area contributed by atoms with E-state index in [1.807, 2.05) is 0 Å². The molecule has 1 rings (SSSR count). The van der Waals surface area contributed by atoms with Crippen LogP contribution in [0.25, 0.3) is 0 Å². The van der Waals surface area contributed by atoms with E-state index >= 15 is 0 Å². The molecule has 0 aliphatic rings. The number of hydrogen-bond donors (Lipinski definition) is 1. The first-order chi connectivity index (χ1) is 5.70. The lowest BCUT2D eigenvalue weighted by Crippen LogP contribution is -2.08. The monoisotopic (exact) mass is 171 g/mol. The first-order valence-electron chi connectivity index (χ1n) is 3.32. The Morgan fingerprint density at radius 2 is 2.58 bits per heavy atom. The van der Waals surface area contributed by atoms with Gasteiger partial charge in [-0.3, -0.25) is 0 Å². The van der Waals surface area contributed by atoms with Gasteiger partial charge in [-0.2, -0.15) is 0 Å². The second-order valence-electron chi connectivity index (χ2n) is 2.24. The van der Waals surface area contributed by atoms with Crippen LogP contribution in [0.4, 0.5) is 0 Å². The van der Waals surface area contributed by atoms with Gasteiger partial charge >= 0.3 is 5.97 Å². The van der Waals surface area contributed by atoms with Crippen molar-refractivity contribution in [3.63, 3.8) is 0 Å². The zero-order valence-corrected chi connectivity index (χ0v) is 6.60. The fourth-order valence-corrected chi connectivity index (χ4v) is 0.667. The van der Waals surface area contributed by atoms with Gasteiger partial charge in [0.05, 0.1) is 0 Å². The molecule has 6 nitrogen and oxygen atoms in total. The molecule has 1 aromatic heterocycles. The molecule has 0 atom stereocenters. The number of carboxylic acid groups (broad SMARTS) is 1. The van der Waals surface area contributed by atoms with Crippen molar-refractivity contribution in [3.05, 3.63) is 12.2 Å². The molecular formula is C6H9N3O3. The summed E-state index contributed by atoms with van der Waals surface area (Å²) in [6.45, 7) is -0.143. The van der Waals surface area contributed by atoms with Gasteiger partial charge in [-0.25, -0.2) is 4.79 Å². The van der Waals surface area contributed by atoms with Gasteiger partial charge in [0, 0.05) is 7.05 Å². The topological polar surface area (TPSA) is 77.2 Å². The van der Waals surface area contributed by atoms with Crippen molar-refractivity contribution in [1.29, 1.82) is 0 Å². The second kappa shape index (κ2) is 3.82. The number of ether oxygens (including phenoxy) is 1. The number of aliphatic carboxylic acids is 1. The third kappa shape index (κ3) is 2.31. The standard InChI is InChI=1S/C6H9N3O3/c1-9-4-7-8-5(9)2-12-3-6(10)11/h4H,2-3H2,1H3,(H,10,11). The Hall–Kier alpha value is -1.43. The van der Waals surface area contributed by atoms with Crippen LogP contribution in [0.3, 0.4) is 0 Å². The first kappa shape index (κ1) is 8.66. The van der Waals surface area contributed by atoms with Gasteiger partial charge in [0.15, 0.2) is 5.82 Å². The molecule has 1 heterocycles. The zero-order chi connectivity index (χ0) is 8.97. The molecule has 0 fully saturated rings. The molecule has 0 aliphatic heterocycles. The molecule has 0 unspecified atom stereocenters. The van der Waals surface area contributed by atoms with E-state index in [0.29, 0.717) is 5.82 Å². The largest absolute Gasteiger partial charge is 0.480 e. The quantitative estimate of drug-likeness (QED) is 0.655.